The van der Waals surface area contributed by atoms with Gasteiger partial charge in [0.2, 0.25) is 0 Å². The lowest BCUT2D eigenvalue weighted by atomic mass is 9.86. The van der Waals surface area contributed by atoms with Gasteiger partial charge in [-0.25, -0.2) is 9.18 Å². The van der Waals surface area contributed by atoms with Crippen LogP contribution in [0.25, 0.3) is 0 Å². The maximum Gasteiger partial charge on any atom is 0.407 e. The van der Waals surface area contributed by atoms with E-state index in [0.717, 1.165) is 25.5 Å². The van der Waals surface area contributed by atoms with E-state index in [0.29, 0.717) is 24.4 Å². The molecule has 2 heterocycles. The van der Waals surface area contributed by atoms with Crippen molar-refractivity contribution >= 4 is 6.09 Å². The third-order valence-electron chi connectivity index (χ3n) is 4.10. The van der Waals surface area contributed by atoms with Crippen molar-refractivity contribution in [1.82, 2.24) is 9.88 Å². The van der Waals surface area contributed by atoms with Gasteiger partial charge in [-0.2, -0.15) is 0 Å². The lowest BCUT2D eigenvalue weighted by Crippen LogP contribution is -2.49. The van der Waals surface area contributed by atoms with Gasteiger partial charge in [0, 0.05) is 18.3 Å². The largest absolute Gasteiger partial charge is 0.465 e. The SMILES string of the molecule is CCC[C@@H]1CC[C@H]([C@@H](O)c2cncc(F)c2)N(C(=O)O)C1. The summed E-state index contributed by atoms with van der Waals surface area (Å²) in [6.07, 6.45) is 3.80. The summed E-state index contributed by atoms with van der Waals surface area (Å²) in [5, 5.41) is 19.8. The molecule has 1 saturated heterocycles. The molecule has 2 N–H and O–H groups in total. The van der Waals surface area contributed by atoms with Crippen molar-refractivity contribution < 1.29 is 19.4 Å². The molecule has 2 rings (SSSR count). The van der Waals surface area contributed by atoms with Crippen molar-refractivity contribution in [3.8, 4) is 0 Å². The number of hydrogen-bond acceptors (Lipinski definition) is 3. The van der Waals surface area contributed by atoms with Crippen molar-refractivity contribution in [2.75, 3.05) is 6.54 Å². The zero-order valence-electron chi connectivity index (χ0n) is 12.1. The van der Waals surface area contributed by atoms with Gasteiger partial charge in [-0.1, -0.05) is 13.3 Å². The number of amides is 1. The number of nitrogens with zero attached hydrogens (tertiary/aromatic N) is 2. The van der Waals surface area contributed by atoms with E-state index in [9.17, 15) is 19.4 Å². The summed E-state index contributed by atoms with van der Waals surface area (Å²) in [6, 6.07) is 0.662. The first kappa shape index (κ1) is 15.7. The molecular weight excluding hydrogens is 275 g/mol. The molecule has 1 aromatic rings. The highest BCUT2D eigenvalue weighted by Crippen LogP contribution is 2.32. The van der Waals surface area contributed by atoms with Crippen LogP contribution in [0.3, 0.4) is 0 Å². The Labute approximate surface area is 123 Å². The second-order valence-electron chi connectivity index (χ2n) is 5.62. The predicted molar refractivity (Wildman–Crippen MR) is 75.3 cm³/mol. The van der Waals surface area contributed by atoms with Crippen molar-refractivity contribution in [3.05, 3.63) is 29.8 Å². The van der Waals surface area contributed by atoms with E-state index in [1.807, 2.05) is 0 Å². The van der Waals surface area contributed by atoms with E-state index in [1.54, 1.807) is 0 Å². The Morgan fingerprint density at radius 2 is 2.29 bits per heavy atom. The molecule has 21 heavy (non-hydrogen) atoms. The molecule has 116 valence electrons. The van der Waals surface area contributed by atoms with Crippen molar-refractivity contribution in [2.24, 2.45) is 5.92 Å². The summed E-state index contributed by atoms with van der Waals surface area (Å²) < 4.78 is 13.2. The summed E-state index contributed by atoms with van der Waals surface area (Å²) in [5.41, 5.74) is 0.320. The number of halogens is 1. The summed E-state index contributed by atoms with van der Waals surface area (Å²) in [5.74, 6) is -0.201. The molecule has 1 aromatic heterocycles. The Morgan fingerprint density at radius 3 is 2.90 bits per heavy atom. The Hall–Kier alpha value is -1.69. The fourth-order valence-electron chi connectivity index (χ4n) is 3.07. The molecule has 1 aliphatic rings. The van der Waals surface area contributed by atoms with Gasteiger partial charge in [0.25, 0.3) is 0 Å². The van der Waals surface area contributed by atoms with Gasteiger partial charge in [0.05, 0.1) is 12.2 Å². The van der Waals surface area contributed by atoms with Crippen LogP contribution < -0.4 is 0 Å². The van der Waals surface area contributed by atoms with Crippen LogP contribution in [-0.4, -0.2) is 38.8 Å². The van der Waals surface area contributed by atoms with E-state index in [2.05, 4.69) is 11.9 Å². The van der Waals surface area contributed by atoms with Crippen LogP contribution in [0.1, 0.15) is 44.3 Å². The van der Waals surface area contributed by atoms with Gasteiger partial charge in [-0.3, -0.25) is 4.98 Å². The molecule has 1 aliphatic heterocycles. The summed E-state index contributed by atoms with van der Waals surface area (Å²) in [7, 11) is 0. The zero-order valence-corrected chi connectivity index (χ0v) is 12.1. The number of pyridine rings is 1. The standard InChI is InChI=1S/C15H21FN2O3/c1-2-3-10-4-5-13(18(9-10)15(20)21)14(19)11-6-12(16)8-17-7-11/h6-8,10,13-14,19H,2-5,9H2,1H3,(H,20,21)/t10-,13-,14+/m1/s1. The van der Waals surface area contributed by atoms with E-state index in [1.165, 1.54) is 17.2 Å². The number of piperidine rings is 1. The van der Waals surface area contributed by atoms with Crippen LogP contribution >= 0.6 is 0 Å². The van der Waals surface area contributed by atoms with Crippen molar-refractivity contribution in [1.29, 1.82) is 0 Å². The molecular formula is C15H21FN2O3. The van der Waals surface area contributed by atoms with Crippen LogP contribution in [0.5, 0.6) is 0 Å². The number of carbonyl (C=O) groups is 1. The molecule has 0 radical (unpaired) electrons. The van der Waals surface area contributed by atoms with Crippen LogP contribution in [0.2, 0.25) is 0 Å². The number of aliphatic hydroxyl groups is 1. The first-order valence-electron chi connectivity index (χ1n) is 7.31. The van der Waals surface area contributed by atoms with Gasteiger partial charge in [0.1, 0.15) is 11.9 Å². The smallest absolute Gasteiger partial charge is 0.407 e. The first-order valence-corrected chi connectivity index (χ1v) is 7.31. The van der Waals surface area contributed by atoms with E-state index in [-0.39, 0.29) is 0 Å². The first-order chi connectivity index (χ1) is 10.0. The van der Waals surface area contributed by atoms with Crippen LogP contribution in [-0.2, 0) is 0 Å². The maximum absolute atomic E-state index is 13.2. The second-order valence-corrected chi connectivity index (χ2v) is 5.62. The molecule has 1 fully saturated rings. The monoisotopic (exact) mass is 296 g/mol. The Morgan fingerprint density at radius 1 is 1.52 bits per heavy atom. The van der Waals surface area contributed by atoms with E-state index < -0.39 is 24.1 Å². The molecule has 0 aromatic carbocycles. The van der Waals surface area contributed by atoms with Gasteiger partial charge in [-0.15, -0.1) is 0 Å². The number of rotatable bonds is 4. The number of aliphatic hydroxyl groups excluding tert-OH is 1. The van der Waals surface area contributed by atoms with E-state index in [4.69, 9.17) is 0 Å². The topological polar surface area (TPSA) is 73.7 Å². The number of hydrogen-bond donors (Lipinski definition) is 2. The van der Waals surface area contributed by atoms with Crippen molar-refractivity contribution in [3.63, 3.8) is 0 Å². The molecule has 0 unspecified atom stereocenters. The van der Waals surface area contributed by atoms with Gasteiger partial charge >= 0.3 is 6.09 Å². The van der Waals surface area contributed by atoms with Gasteiger partial charge < -0.3 is 15.1 Å². The highest BCUT2D eigenvalue weighted by Gasteiger charge is 2.36. The molecule has 0 spiro atoms. The van der Waals surface area contributed by atoms with Crippen LogP contribution in [0.4, 0.5) is 9.18 Å². The summed E-state index contributed by atoms with van der Waals surface area (Å²) in [4.78, 5) is 16.4. The van der Waals surface area contributed by atoms with Crippen LogP contribution in [0.15, 0.2) is 18.5 Å². The molecule has 5 nitrogen and oxygen atoms in total. The number of carboxylic acid groups (broad SMARTS) is 1. The highest BCUT2D eigenvalue weighted by molar-refractivity contribution is 5.65. The fourth-order valence-corrected chi connectivity index (χ4v) is 3.07. The Balaban J connectivity index is 2.15. The molecule has 0 aliphatic carbocycles. The minimum absolute atomic E-state index is 0.320. The molecule has 3 atom stereocenters. The summed E-state index contributed by atoms with van der Waals surface area (Å²) >= 11 is 0. The maximum atomic E-state index is 13.2. The molecule has 1 amide bonds. The minimum atomic E-state index is -1.05. The fraction of sp³-hybridized carbons (Fsp3) is 0.600. The summed E-state index contributed by atoms with van der Waals surface area (Å²) in [6.45, 7) is 2.50. The predicted octanol–water partition coefficient (Wildman–Crippen LogP) is 2.81. The van der Waals surface area contributed by atoms with E-state index >= 15 is 0 Å². The molecule has 6 heteroatoms. The third-order valence-corrected chi connectivity index (χ3v) is 4.10. The quantitative estimate of drug-likeness (QED) is 0.896. The van der Waals surface area contributed by atoms with Crippen molar-refractivity contribution in [2.45, 2.75) is 44.8 Å². The van der Waals surface area contributed by atoms with Gasteiger partial charge in [-0.05, 0) is 31.2 Å². The number of aromatic nitrogens is 1. The van der Waals surface area contributed by atoms with Crippen LogP contribution in [0, 0.1) is 11.7 Å². The molecule has 0 bridgehead atoms. The third kappa shape index (κ3) is 3.69. The average Bonchev–Trinajstić information content (AvgIpc) is 2.46. The lowest BCUT2D eigenvalue weighted by molar-refractivity contribution is 0.0124. The normalized spacial score (nSPS) is 23.9. The zero-order chi connectivity index (χ0) is 15.4. The molecule has 0 saturated carbocycles. The average molecular weight is 296 g/mol. The second kappa shape index (κ2) is 6.85. The minimum Gasteiger partial charge on any atom is -0.465 e. The highest BCUT2D eigenvalue weighted by atomic mass is 19.1. The lowest BCUT2D eigenvalue weighted by Gasteiger charge is -2.40. The van der Waals surface area contributed by atoms with Gasteiger partial charge in [0.15, 0.2) is 0 Å². The number of likely N-dealkylation sites (tertiary alicyclic amines) is 1. The Bertz CT molecular complexity index is 498. The Kier molecular flexibility index (Phi) is 5.12.